The van der Waals surface area contributed by atoms with E-state index in [4.69, 9.17) is 4.74 Å². The van der Waals surface area contributed by atoms with Gasteiger partial charge in [-0.05, 0) is 37.5 Å². The Morgan fingerprint density at radius 2 is 2.06 bits per heavy atom. The van der Waals surface area contributed by atoms with Crippen LogP contribution >= 0.6 is 0 Å². The van der Waals surface area contributed by atoms with E-state index in [-0.39, 0.29) is 0 Å². The number of benzene rings is 1. The van der Waals surface area contributed by atoms with Crippen LogP contribution in [0.2, 0.25) is 0 Å². The van der Waals surface area contributed by atoms with Crippen molar-refractivity contribution in [3.05, 3.63) is 29.8 Å². The van der Waals surface area contributed by atoms with Crippen LogP contribution in [-0.4, -0.2) is 25.3 Å². The molecule has 2 rings (SSSR count). The zero-order valence-corrected chi connectivity index (χ0v) is 11.3. The van der Waals surface area contributed by atoms with Crippen molar-refractivity contribution in [2.45, 2.75) is 45.8 Å². The fraction of sp³-hybridized carbons (Fsp3) is 0.600. The minimum absolute atomic E-state index is 0.312. The highest BCUT2D eigenvalue weighted by atomic mass is 16.5. The van der Waals surface area contributed by atoms with E-state index in [1.54, 1.807) is 0 Å². The summed E-state index contributed by atoms with van der Waals surface area (Å²) in [7, 11) is 0. The Morgan fingerprint density at radius 3 is 2.76 bits per heavy atom. The summed E-state index contributed by atoms with van der Waals surface area (Å²) in [5.41, 5.74) is 2.74. The van der Waals surface area contributed by atoms with Crippen LogP contribution in [0.5, 0.6) is 0 Å². The van der Waals surface area contributed by atoms with E-state index in [1.807, 2.05) is 0 Å². The third kappa shape index (κ3) is 2.63. The zero-order valence-electron chi connectivity index (χ0n) is 11.3. The summed E-state index contributed by atoms with van der Waals surface area (Å²) in [5.74, 6) is 0.587. The van der Waals surface area contributed by atoms with Crippen molar-refractivity contribution in [3.63, 3.8) is 0 Å². The third-order valence-electron chi connectivity index (χ3n) is 3.75. The average Bonchev–Trinajstić information content (AvgIpc) is 2.33. The quantitative estimate of drug-likeness (QED) is 0.776. The molecular weight excluding hydrogens is 210 g/mol. The molecule has 1 saturated heterocycles. The predicted octanol–water partition coefficient (Wildman–Crippen LogP) is 3.42. The van der Waals surface area contributed by atoms with Gasteiger partial charge in [0.15, 0.2) is 0 Å². The molecule has 0 aromatic heterocycles. The molecule has 2 nitrogen and oxygen atoms in total. The topological polar surface area (TPSA) is 12.5 Å². The Morgan fingerprint density at radius 1 is 1.29 bits per heavy atom. The van der Waals surface area contributed by atoms with Crippen LogP contribution in [0.3, 0.4) is 0 Å². The van der Waals surface area contributed by atoms with E-state index in [1.165, 1.54) is 11.3 Å². The van der Waals surface area contributed by atoms with Gasteiger partial charge in [-0.25, -0.2) is 0 Å². The van der Waals surface area contributed by atoms with E-state index >= 15 is 0 Å². The third-order valence-corrected chi connectivity index (χ3v) is 3.75. The summed E-state index contributed by atoms with van der Waals surface area (Å²) in [6.45, 7) is 10.7. The van der Waals surface area contributed by atoms with Crippen molar-refractivity contribution in [3.8, 4) is 0 Å². The highest BCUT2D eigenvalue weighted by molar-refractivity contribution is 5.50. The Labute approximate surface area is 105 Å². The first kappa shape index (κ1) is 12.4. The second kappa shape index (κ2) is 5.09. The molecule has 0 aliphatic carbocycles. The molecule has 0 amide bonds. The van der Waals surface area contributed by atoms with E-state index in [2.05, 4.69) is 56.9 Å². The van der Waals surface area contributed by atoms with Gasteiger partial charge in [0.25, 0.3) is 0 Å². The first-order valence-corrected chi connectivity index (χ1v) is 6.58. The molecule has 1 aromatic rings. The van der Waals surface area contributed by atoms with Gasteiger partial charge in [-0.3, -0.25) is 0 Å². The van der Waals surface area contributed by atoms with Crippen LogP contribution in [0.4, 0.5) is 5.69 Å². The molecule has 0 bridgehead atoms. The average molecular weight is 233 g/mol. The van der Waals surface area contributed by atoms with Crippen molar-refractivity contribution in [1.82, 2.24) is 0 Å². The Kier molecular flexibility index (Phi) is 3.72. The number of nitrogens with zero attached hydrogens (tertiary/aromatic N) is 1. The molecule has 1 heterocycles. The highest BCUT2D eigenvalue weighted by Crippen LogP contribution is 2.26. The maximum absolute atomic E-state index is 5.68. The second-order valence-electron chi connectivity index (χ2n) is 5.26. The van der Waals surface area contributed by atoms with E-state index in [0.717, 1.165) is 13.2 Å². The number of morpholine rings is 1. The largest absolute Gasteiger partial charge is 0.375 e. The maximum Gasteiger partial charge on any atom is 0.0748 e. The first-order chi connectivity index (χ1) is 8.09. The Balaban J connectivity index is 2.23. The molecule has 1 fully saturated rings. The normalized spacial score (nSPS) is 25.4. The maximum atomic E-state index is 5.68. The monoisotopic (exact) mass is 233 g/mol. The van der Waals surface area contributed by atoms with Gasteiger partial charge in [-0.15, -0.1) is 0 Å². The lowest BCUT2D eigenvalue weighted by atomic mass is 10.0. The van der Waals surface area contributed by atoms with Crippen LogP contribution in [0.15, 0.2) is 24.3 Å². The highest BCUT2D eigenvalue weighted by Gasteiger charge is 2.25. The van der Waals surface area contributed by atoms with Crippen LogP contribution in [-0.2, 0) is 4.74 Å². The van der Waals surface area contributed by atoms with Crippen molar-refractivity contribution in [1.29, 1.82) is 0 Å². The molecule has 94 valence electrons. The van der Waals surface area contributed by atoms with Gasteiger partial charge in [-0.2, -0.15) is 0 Å². The number of rotatable bonds is 2. The minimum Gasteiger partial charge on any atom is -0.375 e. The summed E-state index contributed by atoms with van der Waals surface area (Å²) >= 11 is 0. The van der Waals surface area contributed by atoms with Crippen LogP contribution in [0.1, 0.15) is 39.2 Å². The lowest BCUT2D eigenvalue weighted by Crippen LogP contribution is -2.48. The molecule has 1 aliphatic heterocycles. The summed E-state index contributed by atoms with van der Waals surface area (Å²) in [6, 6.07) is 9.35. The van der Waals surface area contributed by atoms with Crippen LogP contribution in [0.25, 0.3) is 0 Å². The SMILES string of the molecule is CC(C)c1cccc(N2CCO[C@@H](C)[C@@H]2C)c1. The van der Waals surface area contributed by atoms with Gasteiger partial charge >= 0.3 is 0 Å². The van der Waals surface area contributed by atoms with Crippen molar-refractivity contribution >= 4 is 5.69 Å². The van der Waals surface area contributed by atoms with E-state index in [9.17, 15) is 0 Å². The molecule has 0 radical (unpaired) electrons. The van der Waals surface area contributed by atoms with Crippen molar-refractivity contribution in [2.24, 2.45) is 0 Å². The molecule has 1 aliphatic rings. The Bertz CT molecular complexity index is 375. The number of hydrogen-bond acceptors (Lipinski definition) is 2. The first-order valence-electron chi connectivity index (χ1n) is 6.58. The van der Waals surface area contributed by atoms with E-state index < -0.39 is 0 Å². The summed E-state index contributed by atoms with van der Waals surface area (Å²) < 4.78 is 5.68. The molecule has 0 saturated carbocycles. The van der Waals surface area contributed by atoms with Crippen molar-refractivity contribution in [2.75, 3.05) is 18.1 Å². The van der Waals surface area contributed by atoms with Crippen LogP contribution in [0, 0.1) is 0 Å². The summed E-state index contributed by atoms with van der Waals surface area (Å²) in [6.07, 6.45) is 0.312. The lowest BCUT2D eigenvalue weighted by molar-refractivity contribution is 0.0284. The van der Waals surface area contributed by atoms with Crippen LogP contribution < -0.4 is 4.90 Å². The zero-order chi connectivity index (χ0) is 12.4. The Hall–Kier alpha value is -1.02. The fourth-order valence-corrected chi connectivity index (χ4v) is 2.36. The molecule has 17 heavy (non-hydrogen) atoms. The smallest absolute Gasteiger partial charge is 0.0748 e. The number of ether oxygens (including phenoxy) is 1. The number of anilines is 1. The summed E-state index contributed by atoms with van der Waals surface area (Å²) in [5, 5.41) is 0. The van der Waals surface area contributed by atoms with Gasteiger partial charge in [0, 0.05) is 12.2 Å². The lowest BCUT2D eigenvalue weighted by Gasteiger charge is -2.39. The predicted molar refractivity (Wildman–Crippen MR) is 72.8 cm³/mol. The molecule has 1 aromatic carbocycles. The molecular formula is C15H23NO. The molecule has 2 heteroatoms. The number of hydrogen-bond donors (Lipinski definition) is 0. The molecule has 0 N–H and O–H groups in total. The van der Waals surface area contributed by atoms with Gasteiger partial charge < -0.3 is 9.64 Å². The van der Waals surface area contributed by atoms with E-state index in [0.29, 0.717) is 18.1 Å². The van der Waals surface area contributed by atoms with Gasteiger partial charge in [0.2, 0.25) is 0 Å². The summed E-state index contributed by atoms with van der Waals surface area (Å²) in [4.78, 5) is 2.46. The van der Waals surface area contributed by atoms with Crippen molar-refractivity contribution < 1.29 is 4.74 Å². The second-order valence-corrected chi connectivity index (χ2v) is 5.26. The molecule has 2 atom stereocenters. The molecule has 0 spiro atoms. The minimum atomic E-state index is 0.312. The van der Waals surface area contributed by atoms with Gasteiger partial charge in [0.05, 0.1) is 18.8 Å². The van der Waals surface area contributed by atoms with Gasteiger partial charge in [0.1, 0.15) is 0 Å². The standard InChI is InChI=1S/C15H23NO/c1-11(2)14-6-5-7-15(10-14)16-8-9-17-13(4)12(16)3/h5-7,10-13H,8-9H2,1-4H3/t12-,13-/m0/s1. The molecule has 0 unspecified atom stereocenters. The van der Waals surface area contributed by atoms with Gasteiger partial charge in [-0.1, -0.05) is 26.0 Å². The fourth-order valence-electron chi connectivity index (χ4n) is 2.36.